The minimum absolute atomic E-state index is 0.159. The van der Waals surface area contributed by atoms with Gasteiger partial charge in [0, 0.05) is 5.39 Å². The van der Waals surface area contributed by atoms with Gasteiger partial charge in [-0.1, -0.05) is 18.2 Å². The Morgan fingerprint density at radius 1 is 1.12 bits per heavy atom. The number of para-hydroxylation sites is 1. The Balaban J connectivity index is 1.70. The van der Waals surface area contributed by atoms with Crippen LogP contribution in [0.25, 0.3) is 16.7 Å². The number of aromatic carboxylic acids is 1. The van der Waals surface area contributed by atoms with E-state index in [2.05, 4.69) is 15.5 Å². The van der Waals surface area contributed by atoms with Crippen molar-refractivity contribution in [2.45, 2.75) is 10.1 Å². The van der Waals surface area contributed by atoms with Gasteiger partial charge in [0.1, 0.15) is 10.5 Å². The first-order valence-corrected chi connectivity index (χ1v) is 8.26. The number of tetrazole rings is 1. The van der Waals surface area contributed by atoms with Crippen LogP contribution in [0.5, 0.6) is 0 Å². The molecule has 0 saturated carbocycles. The average Bonchev–Trinajstić information content (AvgIpc) is 3.10. The predicted molar refractivity (Wildman–Crippen MR) is 92.7 cm³/mol. The summed E-state index contributed by atoms with van der Waals surface area (Å²) in [5.41, 5.74) is 0.758. The number of hydrogen-bond acceptors (Lipinski definition) is 7. The molecule has 0 atom stereocenters. The van der Waals surface area contributed by atoms with Gasteiger partial charge in [-0.3, -0.25) is 0 Å². The molecule has 0 fully saturated rings. The molecule has 8 nitrogen and oxygen atoms in total. The topological polar surface area (TPSA) is 111 Å². The zero-order chi connectivity index (χ0) is 18.1. The summed E-state index contributed by atoms with van der Waals surface area (Å²) in [7, 11) is 0. The maximum Gasteiger partial charge on any atom is 0.350 e. The van der Waals surface area contributed by atoms with E-state index in [9.17, 15) is 9.59 Å². The normalized spacial score (nSPS) is 10.9. The molecule has 26 heavy (non-hydrogen) atoms. The fourth-order valence-electron chi connectivity index (χ4n) is 2.36. The van der Waals surface area contributed by atoms with Gasteiger partial charge in [0.2, 0.25) is 5.16 Å². The molecule has 4 aromatic rings. The molecule has 1 N–H and O–H groups in total. The maximum atomic E-state index is 12.2. The second kappa shape index (κ2) is 6.45. The molecule has 0 unspecified atom stereocenters. The standard InChI is InChI=1S/C17H10N4O4S/c22-15(23)10-5-7-12(8-6-10)21-17(18-19-20-21)26-14-9-11-3-1-2-4-13(11)25-16(14)24/h1-9H,(H,22,23). The largest absolute Gasteiger partial charge is 0.478 e. The number of rotatable bonds is 4. The molecule has 2 aromatic heterocycles. The van der Waals surface area contributed by atoms with Crippen molar-refractivity contribution in [3.05, 3.63) is 70.6 Å². The van der Waals surface area contributed by atoms with Crippen LogP contribution in [0.15, 0.2) is 73.9 Å². The summed E-state index contributed by atoms with van der Waals surface area (Å²) in [6.07, 6.45) is 0. The molecular weight excluding hydrogens is 356 g/mol. The van der Waals surface area contributed by atoms with E-state index in [4.69, 9.17) is 9.52 Å². The van der Waals surface area contributed by atoms with Gasteiger partial charge >= 0.3 is 11.6 Å². The van der Waals surface area contributed by atoms with Gasteiger partial charge in [0.05, 0.1) is 11.3 Å². The van der Waals surface area contributed by atoms with E-state index in [0.29, 0.717) is 21.3 Å². The molecule has 0 aliphatic rings. The molecule has 2 heterocycles. The molecule has 0 amide bonds. The lowest BCUT2D eigenvalue weighted by atomic mass is 10.2. The molecule has 0 saturated heterocycles. The van der Waals surface area contributed by atoms with Crippen LogP contribution in [0.1, 0.15) is 10.4 Å². The summed E-state index contributed by atoms with van der Waals surface area (Å²) in [6, 6.07) is 15.0. The van der Waals surface area contributed by atoms with Crippen molar-refractivity contribution in [1.82, 2.24) is 20.2 Å². The molecule has 2 aromatic carbocycles. The van der Waals surface area contributed by atoms with Crippen LogP contribution in [-0.4, -0.2) is 31.3 Å². The van der Waals surface area contributed by atoms with E-state index < -0.39 is 11.6 Å². The second-order valence-electron chi connectivity index (χ2n) is 5.26. The third-order valence-electron chi connectivity index (χ3n) is 3.61. The highest BCUT2D eigenvalue weighted by Crippen LogP contribution is 2.27. The summed E-state index contributed by atoms with van der Waals surface area (Å²) in [4.78, 5) is 23.5. The molecule has 4 rings (SSSR count). The van der Waals surface area contributed by atoms with E-state index in [-0.39, 0.29) is 5.56 Å². The van der Waals surface area contributed by atoms with Crippen molar-refractivity contribution in [3.63, 3.8) is 0 Å². The van der Waals surface area contributed by atoms with Crippen molar-refractivity contribution in [3.8, 4) is 5.69 Å². The maximum absolute atomic E-state index is 12.2. The van der Waals surface area contributed by atoms with Crippen LogP contribution in [0, 0.1) is 0 Å². The molecule has 0 spiro atoms. The molecule has 128 valence electrons. The van der Waals surface area contributed by atoms with Crippen molar-refractivity contribution in [1.29, 1.82) is 0 Å². The number of carboxylic acids is 1. The van der Waals surface area contributed by atoms with Gasteiger partial charge in [-0.15, -0.1) is 5.10 Å². The van der Waals surface area contributed by atoms with Gasteiger partial charge in [0.25, 0.3) is 0 Å². The van der Waals surface area contributed by atoms with E-state index >= 15 is 0 Å². The SMILES string of the molecule is O=C(O)c1ccc(-n2nnnc2Sc2cc3ccccc3oc2=O)cc1. The lowest BCUT2D eigenvalue weighted by Gasteiger charge is -2.05. The van der Waals surface area contributed by atoms with Gasteiger partial charge in [-0.2, -0.15) is 4.68 Å². The van der Waals surface area contributed by atoms with Crippen LogP contribution in [-0.2, 0) is 0 Å². The molecular formula is C17H10N4O4S. The first kappa shape index (κ1) is 16.0. The first-order chi connectivity index (χ1) is 12.6. The Bertz CT molecular complexity index is 1170. The zero-order valence-corrected chi connectivity index (χ0v) is 13.9. The Kier molecular flexibility index (Phi) is 3.98. The van der Waals surface area contributed by atoms with Crippen molar-refractivity contribution in [2.24, 2.45) is 0 Å². The summed E-state index contributed by atoms with van der Waals surface area (Å²) < 4.78 is 6.73. The minimum Gasteiger partial charge on any atom is -0.478 e. The van der Waals surface area contributed by atoms with Crippen molar-refractivity contribution >= 4 is 28.7 Å². The van der Waals surface area contributed by atoms with E-state index in [1.54, 1.807) is 30.3 Å². The third-order valence-corrected chi connectivity index (χ3v) is 4.55. The Morgan fingerprint density at radius 3 is 2.65 bits per heavy atom. The number of nitrogens with zero attached hydrogens (tertiary/aromatic N) is 4. The highest BCUT2D eigenvalue weighted by molar-refractivity contribution is 7.99. The van der Waals surface area contributed by atoms with Crippen molar-refractivity contribution < 1.29 is 14.3 Å². The predicted octanol–water partition coefficient (Wildman–Crippen LogP) is 2.62. The molecule has 0 bridgehead atoms. The summed E-state index contributed by atoms with van der Waals surface area (Å²) >= 11 is 1.07. The third kappa shape index (κ3) is 2.95. The van der Waals surface area contributed by atoms with E-state index in [1.165, 1.54) is 16.8 Å². The van der Waals surface area contributed by atoms with Crippen LogP contribution >= 0.6 is 11.8 Å². The van der Waals surface area contributed by atoms with Gasteiger partial charge in [-0.25, -0.2) is 9.59 Å². The summed E-state index contributed by atoms with van der Waals surface area (Å²) in [5, 5.41) is 21.6. The monoisotopic (exact) mass is 366 g/mol. The zero-order valence-electron chi connectivity index (χ0n) is 13.1. The Labute approximate surface area is 150 Å². The number of aromatic nitrogens is 4. The Morgan fingerprint density at radius 2 is 1.88 bits per heavy atom. The minimum atomic E-state index is -1.02. The molecule has 0 aliphatic carbocycles. The highest BCUT2D eigenvalue weighted by Gasteiger charge is 2.14. The smallest absolute Gasteiger partial charge is 0.350 e. The number of hydrogen-bond donors (Lipinski definition) is 1. The highest BCUT2D eigenvalue weighted by atomic mass is 32.2. The van der Waals surface area contributed by atoms with E-state index in [1.807, 2.05) is 12.1 Å². The van der Waals surface area contributed by atoms with E-state index in [0.717, 1.165) is 17.1 Å². The second-order valence-corrected chi connectivity index (χ2v) is 6.27. The van der Waals surface area contributed by atoms with Crippen LogP contribution in [0.3, 0.4) is 0 Å². The summed E-state index contributed by atoms with van der Waals surface area (Å²) in [5.74, 6) is -1.02. The average molecular weight is 366 g/mol. The lowest BCUT2D eigenvalue weighted by molar-refractivity contribution is 0.0697. The van der Waals surface area contributed by atoms with Gasteiger partial charge in [0.15, 0.2) is 0 Å². The number of fused-ring (bicyclic) bond motifs is 1. The Hall–Kier alpha value is -3.46. The quantitative estimate of drug-likeness (QED) is 0.549. The lowest BCUT2D eigenvalue weighted by Crippen LogP contribution is -2.04. The van der Waals surface area contributed by atoms with Crippen LogP contribution in [0.2, 0.25) is 0 Å². The number of carbonyl (C=O) groups is 1. The van der Waals surface area contributed by atoms with Crippen LogP contribution < -0.4 is 5.63 Å². The first-order valence-electron chi connectivity index (χ1n) is 7.45. The molecule has 9 heteroatoms. The summed E-state index contributed by atoms with van der Waals surface area (Å²) in [6.45, 7) is 0. The fourth-order valence-corrected chi connectivity index (χ4v) is 3.18. The van der Waals surface area contributed by atoms with Crippen molar-refractivity contribution in [2.75, 3.05) is 0 Å². The van der Waals surface area contributed by atoms with Crippen LogP contribution in [0.4, 0.5) is 0 Å². The van der Waals surface area contributed by atoms with Gasteiger partial charge in [-0.05, 0) is 58.6 Å². The molecule has 0 aliphatic heterocycles. The molecule has 0 radical (unpaired) electrons. The fraction of sp³-hybridized carbons (Fsp3) is 0. The number of carboxylic acid groups (broad SMARTS) is 1. The van der Waals surface area contributed by atoms with Gasteiger partial charge < -0.3 is 9.52 Å². The number of benzene rings is 2.